The Kier molecular flexibility index (Phi) is 13.3. The van der Waals surface area contributed by atoms with E-state index in [1.807, 2.05) is 29.5 Å². The van der Waals surface area contributed by atoms with Gasteiger partial charge in [-0.1, -0.05) is 63.3 Å². The van der Waals surface area contributed by atoms with Gasteiger partial charge in [0.1, 0.15) is 0 Å². The zero-order valence-electron chi connectivity index (χ0n) is 25.5. The minimum absolute atomic E-state index is 0.0563. The number of aromatic nitrogens is 1. The van der Waals surface area contributed by atoms with Gasteiger partial charge in [-0.2, -0.15) is 0 Å². The number of hydrogen-bond acceptors (Lipinski definition) is 6. The first-order valence-corrected chi connectivity index (χ1v) is 15.9. The largest absolute Gasteiger partial charge is 0.376 e. The summed E-state index contributed by atoms with van der Waals surface area (Å²) < 4.78 is 5.92. The van der Waals surface area contributed by atoms with E-state index in [1.54, 1.807) is 11.3 Å². The second kappa shape index (κ2) is 16.6. The number of hydrogen-bond donors (Lipinski definition) is 2. The van der Waals surface area contributed by atoms with Crippen LogP contribution in [0.25, 0.3) is 10.4 Å². The number of rotatable bonds is 13. The van der Waals surface area contributed by atoms with Gasteiger partial charge in [-0.15, -0.1) is 11.3 Å². The second-order valence-electron chi connectivity index (χ2n) is 12.0. The van der Waals surface area contributed by atoms with Crippen molar-refractivity contribution in [1.82, 2.24) is 20.5 Å². The third-order valence-electron chi connectivity index (χ3n) is 7.39. The first-order valence-electron chi connectivity index (χ1n) is 15.0. The Labute approximate surface area is 250 Å². The molecule has 1 saturated carbocycles. The number of amides is 2. The van der Waals surface area contributed by atoms with Crippen LogP contribution in [-0.2, 0) is 20.9 Å². The normalized spacial score (nSPS) is 18.2. The highest BCUT2D eigenvalue weighted by molar-refractivity contribution is 7.13. The van der Waals surface area contributed by atoms with E-state index in [9.17, 15) is 9.59 Å². The van der Waals surface area contributed by atoms with Crippen LogP contribution in [0.3, 0.4) is 0 Å². The van der Waals surface area contributed by atoms with E-state index in [0.717, 1.165) is 56.8 Å². The molecule has 2 aliphatic rings. The maximum Gasteiger partial charge on any atom is 0.223 e. The molecule has 1 aromatic carbocycles. The maximum absolute atomic E-state index is 12.7. The molecule has 1 aliphatic carbocycles. The molecule has 2 fully saturated rings. The van der Waals surface area contributed by atoms with E-state index in [2.05, 4.69) is 67.3 Å². The molecule has 0 bridgehead atoms. The van der Waals surface area contributed by atoms with Crippen molar-refractivity contribution in [2.45, 2.75) is 91.8 Å². The van der Waals surface area contributed by atoms with Gasteiger partial charge in [0.05, 0.1) is 28.7 Å². The fraction of sp³-hybridized carbons (Fsp3) is 0.606. The molecule has 2 amide bonds. The minimum atomic E-state index is -0.0563. The zero-order valence-corrected chi connectivity index (χ0v) is 26.3. The van der Waals surface area contributed by atoms with Crippen LogP contribution in [-0.4, -0.2) is 60.6 Å². The lowest BCUT2D eigenvalue weighted by atomic mass is 9.88. The molecule has 7 nitrogen and oxygen atoms in total. The number of carbonyl (C=O) groups is 2. The summed E-state index contributed by atoms with van der Waals surface area (Å²) in [4.78, 5) is 30.4. The molecule has 4 rings (SSSR count). The van der Waals surface area contributed by atoms with Crippen LogP contribution in [0.2, 0.25) is 0 Å². The molecule has 1 saturated heterocycles. The molecule has 1 aromatic heterocycles. The molecule has 41 heavy (non-hydrogen) atoms. The standard InChI is InChI=1S/C21H36N2O2.C12H12N2OS/c1-5-6-12-25-19-13-17(2)23(15-19)20(24)14-21(3,4)16-22-11-7-8-18-9-10-18;1-9-12(16-8-14-9)11-4-2-10(3-5-11)6-13-7-15/h17-19,22H,5-6,9-16H2,1-4H3;2-5,7-8H,6H2,1H3,(H,13,15)/t17-,19?;/m1./s1. The highest BCUT2D eigenvalue weighted by atomic mass is 32.1. The van der Waals surface area contributed by atoms with Gasteiger partial charge in [-0.3, -0.25) is 9.59 Å². The average Bonchev–Trinajstić information content (AvgIpc) is 3.55. The Balaban J connectivity index is 0.000000248. The van der Waals surface area contributed by atoms with E-state index in [4.69, 9.17) is 4.74 Å². The van der Waals surface area contributed by atoms with Crippen LogP contribution in [0, 0.1) is 30.1 Å². The smallest absolute Gasteiger partial charge is 0.223 e. The van der Waals surface area contributed by atoms with Crippen molar-refractivity contribution in [2.24, 2.45) is 11.3 Å². The minimum Gasteiger partial charge on any atom is -0.376 e. The number of carbonyl (C=O) groups excluding carboxylic acids is 2. The van der Waals surface area contributed by atoms with Crippen LogP contribution in [0.4, 0.5) is 0 Å². The number of thiazole rings is 1. The Bertz CT molecular complexity index is 1150. The monoisotopic (exact) mass is 580 g/mol. The van der Waals surface area contributed by atoms with Crippen LogP contribution in [0.1, 0.15) is 77.5 Å². The summed E-state index contributed by atoms with van der Waals surface area (Å²) in [5, 5.41) is 6.03. The molecule has 2 N–H and O–H groups in total. The molecule has 0 spiro atoms. The van der Waals surface area contributed by atoms with E-state index in [1.165, 1.54) is 23.3 Å². The summed E-state index contributed by atoms with van der Waals surface area (Å²) in [6.07, 6.45) is 7.24. The first-order chi connectivity index (χ1) is 19.7. The summed E-state index contributed by atoms with van der Waals surface area (Å²) in [7, 11) is 0. The highest BCUT2D eigenvalue weighted by Crippen LogP contribution is 2.28. The topological polar surface area (TPSA) is 83.6 Å². The fourth-order valence-electron chi connectivity index (χ4n) is 4.82. The predicted molar refractivity (Wildman–Crippen MR) is 167 cm³/mol. The van der Waals surface area contributed by atoms with Crippen LogP contribution in [0.15, 0.2) is 29.8 Å². The van der Waals surface area contributed by atoms with E-state index in [0.29, 0.717) is 25.3 Å². The fourth-order valence-corrected chi connectivity index (χ4v) is 5.63. The molecule has 2 heterocycles. The lowest BCUT2D eigenvalue weighted by molar-refractivity contribution is -0.134. The number of nitrogens with zero attached hydrogens (tertiary/aromatic N) is 2. The third kappa shape index (κ3) is 11.6. The van der Waals surface area contributed by atoms with Gasteiger partial charge in [0.2, 0.25) is 12.3 Å². The average molecular weight is 581 g/mol. The van der Waals surface area contributed by atoms with Gasteiger partial charge >= 0.3 is 0 Å². The number of unbranched alkanes of at least 4 members (excludes halogenated alkanes) is 1. The van der Waals surface area contributed by atoms with Gasteiger partial charge in [0.15, 0.2) is 0 Å². The lowest BCUT2D eigenvalue weighted by Crippen LogP contribution is -2.40. The van der Waals surface area contributed by atoms with Crippen molar-refractivity contribution in [2.75, 3.05) is 26.2 Å². The van der Waals surface area contributed by atoms with Gasteiger partial charge in [0, 0.05) is 44.6 Å². The molecular weight excluding hydrogens is 532 g/mol. The quantitative estimate of drug-likeness (QED) is 0.184. The Morgan fingerprint density at radius 3 is 2.66 bits per heavy atom. The Morgan fingerprint density at radius 2 is 2.02 bits per heavy atom. The van der Waals surface area contributed by atoms with Gasteiger partial charge < -0.3 is 20.3 Å². The van der Waals surface area contributed by atoms with Crippen molar-refractivity contribution in [1.29, 1.82) is 0 Å². The number of nitrogens with one attached hydrogen (secondary N) is 2. The van der Waals surface area contributed by atoms with E-state index < -0.39 is 0 Å². The molecule has 1 aliphatic heterocycles. The zero-order chi connectivity index (χ0) is 29.7. The molecular formula is C33H48N4O3S. The van der Waals surface area contributed by atoms with Gasteiger partial charge in [0.25, 0.3) is 0 Å². The maximum atomic E-state index is 12.7. The second-order valence-corrected chi connectivity index (χ2v) is 12.8. The van der Waals surface area contributed by atoms with Crippen LogP contribution >= 0.6 is 11.3 Å². The number of ether oxygens (including phenoxy) is 1. The number of likely N-dealkylation sites (tertiary alicyclic amines) is 1. The van der Waals surface area contributed by atoms with Crippen molar-refractivity contribution in [3.63, 3.8) is 0 Å². The summed E-state index contributed by atoms with van der Waals surface area (Å²) in [6, 6.07) is 8.44. The van der Waals surface area contributed by atoms with Gasteiger partial charge in [-0.05, 0) is 56.1 Å². The summed E-state index contributed by atoms with van der Waals surface area (Å²) in [5.41, 5.74) is 5.13. The van der Waals surface area contributed by atoms with Crippen molar-refractivity contribution < 1.29 is 14.3 Å². The van der Waals surface area contributed by atoms with Crippen LogP contribution < -0.4 is 10.6 Å². The number of benzene rings is 1. The van der Waals surface area contributed by atoms with Crippen molar-refractivity contribution >= 4 is 23.7 Å². The van der Waals surface area contributed by atoms with Gasteiger partial charge in [-0.25, -0.2) is 4.98 Å². The molecule has 2 aromatic rings. The molecule has 1 unspecified atom stereocenters. The molecule has 0 radical (unpaired) electrons. The Hall–Kier alpha value is -2.73. The summed E-state index contributed by atoms with van der Waals surface area (Å²) in [6.45, 7) is 14.3. The lowest BCUT2D eigenvalue weighted by Gasteiger charge is -2.29. The van der Waals surface area contributed by atoms with E-state index in [-0.39, 0.29) is 23.5 Å². The molecule has 224 valence electrons. The SMILES string of the molecule is CCCCOC1C[C@@H](C)N(C(=O)CC(C)(C)CNCC#CC2CC2)C1.Cc1ncsc1-c1ccc(CNC=O)cc1. The Morgan fingerprint density at radius 1 is 1.27 bits per heavy atom. The number of aryl methyl sites for hydroxylation is 1. The highest BCUT2D eigenvalue weighted by Gasteiger charge is 2.35. The predicted octanol–water partition coefficient (Wildman–Crippen LogP) is 5.58. The first kappa shape index (κ1) is 32.8. The van der Waals surface area contributed by atoms with Crippen LogP contribution in [0.5, 0.6) is 0 Å². The summed E-state index contributed by atoms with van der Waals surface area (Å²) in [5.74, 6) is 7.36. The summed E-state index contributed by atoms with van der Waals surface area (Å²) >= 11 is 1.64. The van der Waals surface area contributed by atoms with E-state index >= 15 is 0 Å². The van der Waals surface area contributed by atoms with Crippen molar-refractivity contribution in [3.05, 3.63) is 41.0 Å². The third-order valence-corrected chi connectivity index (χ3v) is 8.37. The molecule has 2 atom stereocenters. The van der Waals surface area contributed by atoms with Crippen molar-refractivity contribution in [3.8, 4) is 22.3 Å². The molecule has 8 heteroatoms.